The fraction of sp³-hybridized carbons (Fsp3) is 0.375. The fourth-order valence-electron chi connectivity index (χ4n) is 0.969. The molecule has 0 aliphatic rings. The summed E-state index contributed by atoms with van der Waals surface area (Å²) >= 11 is 0.573. The lowest BCUT2D eigenvalue weighted by Gasteiger charge is -2.06. The summed E-state index contributed by atoms with van der Waals surface area (Å²) in [5.74, 6) is -0.994. The van der Waals surface area contributed by atoms with E-state index in [0.29, 0.717) is 11.3 Å². The Balaban J connectivity index is 3.12. The topological polar surface area (TPSA) is 52.3 Å². The predicted molar refractivity (Wildman–Crippen MR) is 49.7 cm³/mol. The van der Waals surface area contributed by atoms with Crippen molar-refractivity contribution < 1.29 is 22.7 Å². The largest absolute Gasteiger partial charge is 0.462 e. The molecule has 0 radical (unpaired) electrons. The number of carbonyl (C=O) groups is 1. The molecule has 1 aromatic rings. The lowest BCUT2D eigenvalue weighted by molar-refractivity contribution is -0.137. The van der Waals surface area contributed by atoms with E-state index in [1.165, 1.54) is 6.92 Å². The van der Waals surface area contributed by atoms with Gasteiger partial charge >= 0.3 is 12.1 Å². The van der Waals surface area contributed by atoms with Gasteiger partial charge in [0.1, 0.15) is 4.88 Å². The van der Waals surface area contributed by atoms with Gasteiger partial charge in [-0.05, 0) is 13.0 Å². The first-order valence-electron chi connectivity index (χ1n) is 4.00. The van der Waals surface area contributed by atoms with Gasteiger partial charge in [-0.1, -0.05) is 0 Å². The number of nitrogen functional groups attached to an aromatic ring is 1. The van der Waals surface area contributed by atoms with Crippen molar-refractivity contribution in [2.24, 2.45) is 0 Å². The summed E-state index contributed by atoms with van der Waals surface area (Å²) in [6, 6.07) is 0.733. The standard InChI is InChI=1S/C8H8F3NO2S/c1-2-14-7(13)6-4(8(9,10)11)3-5(12)15-6/h3H,2,12H2,1H3. The monoisotopic (exact) mass is 239 g/mol. The Bertz CT molecular complexity index is 372. The van der Waals surface area contributed by atoms with Crippen molar-refractivity contribution in [2.75, 3.05) is 12.3 Å². The molecule has 7 heteroatoms. The number of carbonyl (C=O) groups excluding carboxylic acids is 1. The molecular weight excluding hydrogens is 231 g/mol. The van der Waals surface area contributed by atoms with Crippen molar-refractivity contribution in [2.45, 2.75) is 13.1 Å². The Morgan fingerprint density at radius 2 is 2.20 bits per heavy atom. The number of thiophene rings is 1. The first kappa shape index (κ1) is 11.8. The molecule has 15 heavy (non-hydrogen) atoms. The molecule has 0 amide bonds. The van der Waals surface area contributed by atoms with E-state index in [1.807, 2.05) is 0 Å². The summed E-state index contributed by atoms with van der Waals surface area (Å²) in [4.78, 5) is 10.7. The molecule has 1 heterocycles. The van der Waals surface area contributed by atoms with Crippen molar-refractivity contribution in [1.29, 1.82) is 0 Å². The van der Waals surface area contributed by atoms with Gasteiger partial charge < -0.3 is 10.5 Å². The molecule has 3 nitrogen and oxygen atoms in total. The Kier molecular flexibility index (Phi) is 3.23. The van der Waals surface area contributed by atoms with Crippen molar-refractivity contribution in [3.8, 4) is 0 Å². The van der Waals surface area contributed by atoms with E-state index in [1.54, 1.807) is 0 Å². The highest BCUT2D eigenvalue weighted by Gasteiger charge is 2.37. The second-order valence-corrected chi connectivity index (χ2v) is 3.69. The van der Waals surface area contributed by atoms with E-state index in [-0.39, 0.29) is 11.6 Å². The average molecular weight is 239 g/mol. The highest BCUT2D eigenvalue weighted by atomic mass is 32.1. The van der Waals surface area contributed by atoms with Crippen molar-refractivity contribution in [3.63, 3.8) is 0 Å². The minimum Gasteiger partial charge on any atom is -0.462 e. The Hall–Kier alpha value is -1.24. The van der Waals surface area contributed by atoms with Crippen LogP contribution in [0.15, 0.2) is 6.07 Å². The number of hydrogen-bond donors (Lipinski definition) is 1. The summed E-state index contributed by atoms with van der Waals surface area (Å²) in [6.07, 6.45) is -4.59. The maximum Gasteiger partial charge on any atom is 0.418 e. The third kappa shape index (κ3) is 2.62. The molecule has 0 saturated carbocycles. The Labute approximate surface area is 87.6 Å². The van der Waals surface area contributed by atoms with Crippen LogP contribution in [-0.2, 0) is 10.9 Å². The van der Waals surface area contributed by atoms with Crippen LogP contribution in [-0.4, -0.2) is 12.6 Å². The zero-order chi connectivity index (χ0) is 11.6. The fourth-order valence-corrected chi connectivity index (χ4v) is 1.81. The van der Waals surface area contributed by atoms with Crippen LogP contribution in [0.1, 0.15) is 22.2 Å². The minimum atomic E-state index is -4.59. The number of rotatable bonds is 2. The molecule has 0 atom stereocenters. The van der Waals surface area contributed by atoms with Crippen LogP contribution >= 0.6 is 11.3 Å². The third-order valence-corrected chi connectivity index (χ3v) is 2.46. The molecular formula is C8H8F3NO2S. The smallest absolute Gasteiger partial charge is 0.418 e. The second-order valence-electron chi connectivity index (χ2n) is 2.61. The number of halogens is 3. The molecule has 0 fully saturated rings. The number of esters is 1. The molecule has 0 aliphatic heterocycles. The predicted octanol–water partition coefficient (Wildman–Crippen LogP) is 2.53. The summed E-state index contributed by atoms with van der Waals surface area (Å²) in [7, 11) is 0. The van der Waals surface area contributed by atoms with Crippen molar-refractivity contribution in [1.82, 2.24) is 0 Å². The van der Waals surface area contributed by atoms with Crippen LogP contribution in [0.25, 0.3) is 0 Å². The Morgan fingerprint density at radius 1 is 1.60 bits per heavy atom. The van der Waals surface area contributed by atoms with Gasteiger partial charge in [0.15, 0.2) is 0 Å². The SMILES string of the molecule is CCOC(=O)c1sc(N)cc1C(F)(F)F. The van der Waals surface area contributed by atoms with Gasteiger partial charge in [0.05, 0.1) is 17.2 Å². The number of ether oxygens (including phenoxy) is 1. The zero-order valence-electron chi connectivity index (χ0n) is 7.72. The van der Waals surface area contributed by atoms with Gasteiger partial charge in [-0.25, -0.2) is 4.79 Å². The van der Waals surface area contributed by atoms with Crippen molar-refractivity contribution >= 4 is 22.3 Å². The van der Waals surface area contributed by atoms with E-state index in [4.69, 9.17) is 5.73 Å². The van der Waals surface area contributed by atoms with Gasteiger partial charge in [-0.15, -0.1) is 11.3 Å². The molecule has 1 aromatic heterocycles. The van der Waals surface area contributed by atoms with Gasteiger partial charge in [-0.2, -0.15) is 13.2 Å². The quantitative estimate of drug-likeness (QED) is 0.807. The molecule has 0 unspecified atom stereocenters. The molecule has 0 saturated heterocycles. The average Bonchev–Trinajstić information content (AvgIpc) is 2.47. The van der Waals surface area contributed by atoms with E-state index in [9.17, 15) is 18.0 Å². The lowest BCUT2D eigenvalue weighted by Crippen LogP contribution is -2.12. The number of anilines is 1. The van der Waals surface area contributed by atoms with Crippen LogP contribution in [0.3, 0.4) is 0 Å². The third-order valence-electron chi connectivity index (χ3n) is 1.52. The van der Waals surface area contributed by atoms with Gasteiger partial charge in [-0.3, -0.25) is 0 Å². The molecule has 0 bridgehead atoms. The van der Waals surface area contributed by atoms with Crippen LogP contribution in [0.4, 0.5) is 18.2 Å². The molecule has 0 aliphatic carbocycles. The van der Waals surface area contributed by atoms with Crippen LogP contribution < -0.4 is 5.73 Å². The molecule has 0 spiro atoms. The summed E-state index contributed by atoms with van der Waals surface area (Å²) in [6.45, 7) is 1.54. The normalized spacial score (nSPS) is 11.5. The van der Waals surface area contributed by atoms with Crippen LogP contribution in [0.5, 0.6) is 0 Å². The highest BCUT2D eigenvalue weighted by Crippen LogP contribution is 2.38. The van der Waals surface area contributed by atoms with E-state index < -0.39 is 22.6 Å². The second kappa shape index (κ2) is 4.09. The van der Waals surface area contributed by atoms with Gasteiger partial charge in [0.2, 0.25) is 0 Å². The number of hydrogen-bond acceptors (Lipinski definition) is 4. The molecule has 1 rings (SSSR count). The Morgan fingerprint density at radius 3 is 2.67 bits per heavy atom. The summed E-state index contributed by atoms with van der Waals surface area (Å²) in [5.41, 5.74) is 4.18. The highest BCUT2D eigenvalue weighted by molar-refractivity contribution is 7.17. The minimum absolute atomic E-state index is 0.0218. The van der Waals surface area contributed by atoms with Gasteiger partial charge in [0.25, 0.3) is 0 Å². The molecule has 0 aromatic carbocycles. The first-order chi connectivity index (χ1) is 6.86. The molecule has 2 N–H and O–H groups in total. The lowest BCUT2D eigenvalue weighted by atomic mass is 10.2. The van der Waals surface area contributed by atoms with E-state index in [0.717, 1.165) is 6.07 Å². The molecule has 84 valence electrons. The first-order valence-corrected chi connectivity index (χ1v) is 4.81. The maximum absolute atomic E-state index is 12.4. The number of nitrogens with two attached hydrogens (primary N) is 1. The maximum atomic E-state index is 12.4. The van der Waals surface area contributed by atoms with E-state index in [2.05, 4.69) is 4.74 Å². The van der Waals surface area contributed by atoms with E-state index >= 15 is 0 Å². The summed E-state index contributed by atoms with van der Waals surface area (Å²) < 4.78 is 41.7. The van der Waals surface area contributed by atoms with Gasteiger partial charge in [0, 0.05) is 0 Å². The zero-order valence-corrected chi connectivity index (χ0v) is 8.54. The van der Waals surface area contributed by atoms with Crippen LogP contribution in [0.2, 0.25) is 0 Å². The number of alkyl halides is 3. The van der Waals surface area contributed by atoms with Crippen molar-refractivity contribution in [3.05, 3.63) is 16.5 Å². The van der Waals surface area contributed by atoms with Crippen LogP contribution in [0, 0.1) is 0 Å². The summed E-state index contributed by atoms with van der Waals surface area (Å²) in [5, 5.41) is -0.0645.